The Morgan fingerprint density at radius 1 is 1.21 bits per heavy atom. The van der Waals surface area contributed by atoms with Gasteiger partial charge >= 0.3 is 0 Å². The largest absolute Gasteiger partial charge is 0.349 e. The number of carbonyl (C=O) groups is 1. The van der Waals surface area contributed by atoms with Crippen LogP contribution >= 0.6 is 0 Å². The van der Waals surface area contributed by atoms with Crippen molar-refractivity contribution in [3.8, 4) is 0 Å². The van der Waals surface area contributed by atoms with Gasteiger partial charge in [-0.3, -0.25) is 4.79 Å². The van der Waals surface area contributed by atoms with E-state index in [1.165, 1.54) is 0 Å². The Balaban J connectivity index is 1.60. The molecule has 0 saturated heterocycles. The Bertz CT molecular complexity index is 471. The SMILES string of the molecule is Cc1cccc(C(=O)NC2CC3CC(N)CC3C2)c1. The van der Waals surface area contributed by atoms with Gasteiger partial charge in [0.15, 0.2) is 0 Å². The topological polar surface area (TPSA) is 55.1 Å². The Labute approximate surface area is 114 Å². The third kappa shape index (κ3) is 2.66. The van der Waals surface area contributed by atoms with Crippen molar-refractivity contribution >= 4 is 5.91 Å². The summed E-state index contributed by atoms with van der Waals surface area (Å²) in [6.45, 7) is 2.01. The van der Waals surface area contributed by atoms with E-state index in [1.807, 2.05) is 31.2 Å². The third-order valence-electron chi connectivity index (χ3n) is 4.67. The molecule has 3 rings (SSSR count). The summed E-state index contributed by atoms with van der Waals surface area (Å²) < 4.78 is 0. The zero-order chi connectivity index (χ0) is 13.4. The van der Waals surface area contributed by atoms with Crippen LogP contribution in [0.4, 0.5) is 0 Å². The van der Waals surface area contributed by atoms with Crippen LogP contribution in [0.2, 0.25) is 0 Å². The normalized spacial score (nSPS) is 33.2. The Hall–Kier alpha value is -1.35. The third-order valence-corrected chi connectivity index (χ3v) is 4.67. The molecule has 3 N–H and O–H groups in total. The molecule has 0 heterocycles. The molecule has 0 spiro atoms. The van der Waals surface area contributed by atoms with Crippen LogP contribution in [0, 0.1) is 18.8 Å². The first-order chi connectivity index (χ1) is 9.11. The summed E-state index contributed by atoms with van der Waals surface area (Å²) >= 11 is 0. The minimum absolute atomic E-state index is 0.0676. The summed E-state index contributed by atoms with van der Waals surface area (Å²) in [7, 11) is 0. The maximum absolute atomic E-state index is 12.2. The highest BCUT2D eigenvalue weighted by molar-refractivity contribution is 5.94. The first-order valence-electron chi connectivity index (χ1n) is 7.25. The van der Waals surface area contributed by atoms with Crippen LogP contribution in [0.3, 0.4) is 0 Å². The standard InChI is InChI=1S/C16H22N2O/c1-10-3-2-4-11(5-10)16(19)18-15-8-12-6-14(17)7-13(12)9-15/h2-5,12-15H,6-9,17H2,1H3,(H,18,19). The fourth-order valence-corrected chi connectivity index (χ4v) is 3.84. The molecule has 0 aromatic heterocycles. The van der Waals surface area contributed by atoms with Crippen molar-refractivity contribution in [2.75, 3.05) is 0 Å². The number of fused-ring (bicyclic) bond motifs is 1. The zero-order valence-electron chi connectivity index (χ0n) is 11.4. The van der Waals surface area contributed by atoms with Crippen LogP contribution in [0.25, 0.3) is 0 Å². The second-order valence-corrected chi connectivity index (χ2v) is 6.26. The maximum Gasteiger partial charge on any atom is 0.251 e. The van der Waals surface area contributed by atoms with Gasteiger partial charge in [0.25, 0.3) is 5.91 Å². The molecular weight excluding hydrogens is 236 g/mol. The molecule has 2 aliphatic carbocycles. The van der Waals surface area contributed by atoms with E-state index >= 15 is 0 Å². The van der Waals surface area contributed by atoms with E-state index in [2.05, 4.69) is 5.32 Å². The van der Waals surface area contributed by atoms with Crippen LogP contribution in [0.5, 0.6) is 0 Å². The fourth-order valence-electron chi connectivity index (χ4n) is 3.84. The average molecular weight is 258 g/mol. The summed E-state index contributed by atoms with van der Waals surface area (Å²) in [4.78, 5) is 12.2. The second kappa shape index (κ2) is 4.97. The van der Waals surface area contributed by atoms with Gasteiger partial charge in [-0.15, -0.1) is 0 Å². The first kappa shape index (κ1) is 12.7. The summed E-state index contributed by atoms with van der Waals surface area (Å²) in [6, 6.07) is 8.51. The molecule has 1 amide bonds. The molecule has 19 heavy (non-hydrogen) atoms. The van der Waals surface area contributed by atoms with E-state index in [9.17, 15) is 4.79 Å². The van der Waals surface area contributed by atoms with Crippen molar-refractivity contribution in [2.24, 2.45) is 17.6 Å². The molecule has 3 nitrogen and oxygen atoms in total. The van der Waals surface area contributed by atoms with Gasteiger partial charge in [-0.05, 0) is 56.6 Å². The molecule has 1 aromatic carbocycles. The van der Waals surface area contributed by atoms with E-state index in [0.29, 0.717) is 12.1 Å². The van der Waals surface area contributed by atoms with Gasteiger partial charge in [0.1, 0.15) is 0 Å². The predicted molar refractivity (Wildman–Crippen MR) is 75.9 cm³/mol. The lowest BCUT2D eigenvalue weighted by atomic mass is 10.0. The molecule has 2 saturated carbocycles. The zero-order valence-corrected chi connectivity index (χ0v) is 11.4. The summed E-state index contributed by atoms with van der Waals surface area (Å²) in [6.07, 6.45) is 4.49. The van der Waals surface area contributed by atoms with Crippen molar-refractivity contribution in [2.45, 2.75) is 44.7 Å². The van der Waals surface area contributed by atoms with Crippen LogP contribution in [0.1, 0.15) is 41.6 Å². The van der Waals surface area contributed by atoms with Crippen LogP contribution in [-0.2, 0) is 0 Å². The lowest BCUT2D eigenvalue weighted by Crippen LogP contribution is -2.34. The molecule has 0 radical (unpaired) electrons. The minimum Gasteiger partial charge on any atom is -0.349 e. The van der Waals surface area contributed by atoms with Gasteiger partial charge in [0, 0.05) is 17.6 Å². The van der Waals surface area contributed by atoms with E-state index in [0.717, 1.165) is 48.6 Å². The van der Waals surface area contributed by atoms with Crippen molar-refractivity contribution < 1.29 is 4.79 Å². The highest BCUT2D eigenvalue weighted by Crippen LogP contribution is 2.43. The molecule has 102 valence electrons. The molecule has 2 fully saturated rings. The van der Waals surface area contributed by atoms with Crippen molar-refractivity contribution in [3.05, 3.63) is 35.4 Å². The molecule has 2 aliphatic rings. The van der Waals surface area contributed by atoms with E-state index in [1.54, 1.807) is 0 Å². The van der Waals surface area contributed by atoms with Crippen molar-refractivity contribution in [1.29, 1.82) is 0 Å². The summed E-state index contributed by atoms with van der Waals surface area (Å²) in [5.74, 6) is 1.54. The number of hydrogen-bond donors (Lipinski definition) is 2. The van der Waals surface area contributed by atoms with Crippen molar-refractivity contribution in [3.63, 3.8) is 0 Å². The van der Waals surface area contributed by atoms with Gasteiger partial charge in [-0.25, -0.2) is 0 Å². The number of amides is 1. The van der Waals surface area contributed by atoms with Gasteiger partial charge in [0.05, 0.1) is 0 Å². The lowest BCUT2D eigenvalue weighted by Gasteiger charge is -2.15. The molecule has 2 atom stereocenters. The fraction of sp³-hybridized carbons (Fsp3) is 0.562. The minimum atomic E-state index is 0.0676. The van der Waals surface area contributed by atoms with E-state index in [4.69, 9.17) is 5.73 Å². The molecule has 1 aromatic rings. The Morgan fingerprint density at radius 2 is 1.89 bits per heavy atom. The van der Waals surface area contributed by atoms with Gasteiger partial charge in [0.2, 0.25) is 0 Å². The number of rotatable bonds is 2. The number of carbonyl (C=O) groups excluding carboxylic acids is 1. The average Bonchev–Trinajstić information content (AvgIpc) is 2.85. The Kier molecular flexibility index (Phi) is 3.31. The van der Waals surface area contributed by atoms with Crippen LogP contribution < -0.4 is 11.1 Å². The molecular formula is C16H22N2O. The Morgan fingerprint density at radius 3 is 2.53 bits per heavy atom. The number of benzene rings is 1. The number of aryl methyl sites for hydroxylation is 1. The molecule has 0 bridgehead atoms. The maximum atomic E-state index is 12.2. The van der Waals surface area contributed by atoms with Gasteiger partial charge in [-0.1, -0.05) is 17.7 Å². The van der Waals surface area contributed by atoms with E-state index < -0.39 is 0 Å². The monoisotopic (exact) mass is 258 g/mol. The molecule has 0 aliphatic heterocycles. The number of hydrogen-bond acceptors (Lipinski definition) is 2. The highest BCUT2D eigenvalue weighted by Gasteiger charge is 2.40. The summed E-state index contributed by atoms with van der Waals surface area (Å²) in [5.41, 5.74) is 7.89. The number of nitrogens with two attached hydrogens (primary N) is 1. The quantitative estimate of drug-likeness (QED) is 0.854. The lowest BCUT2D eigenvalue weighted by molar-refractivity contribution is 0.0936. The smallest absolute Gasteiger partial charge is 0.251 e. The van der Waals surface area contributed by atoms with Crippen LogP contribution in [0.15, 0.2) is 24.3 Å². The van der Waals surface area contributed by atoms with Crippen LogP contribution in [-0.4, -0.2) is 18.0 Å². The van der Waals surface area contributed by atoms with Gasteiger partial charge < -0.3 is 11.1 Å². The first-order valence-corrected chi connectivity index (χ1v) is 7.25. The molecule has 2 unspecified atom stereocenters. The number of nitrogens with one attached hydrogen (secondary N) is 1. The molecule has 3 heteroatoms. The second-order valence-electron chi connectivity index (χ2n) is 6.26. The predicted octanol–water partition coefficient (Wildman–Crippen LogP) is 2.24. The van der Waals surface area contributed by atoms with E-state index in [-0.39, 0.29) is 5.91 Å². The van der Waals surface area contributed by atoms with Gasteiger partial charge in [-0.2, -0.15) is 0 Å². The summed E-state index contributed by atoms with van der Waals surface area (Å²) in [5, 5.41) is 3.19. The van der Waals surface area contributed by atoms with Crippen molar-refractivity contribution in [1.82, 2.24) is 5.32 Å². The highest BCUT2D eigenvalue weighted by atomic mass is 16.1.